The molecule has 0 radical (unpaired) electrons. The predicted octanol–water partition coefficient (Wildman–Crippen LogP) is 4.39. The highest BCUT2D eigenvalue weighted by atomic mass is 16.6. The molecule has 0 saturated carbocycles. The summed E-state index contributed by atoms with van der Waals surface area (Å²) in [4.78, 5) is 29.0. The Kier molecular flexibility index (Phi) is 6.83. The third-order valence-electron chi connectivity index (χ3n) is 5.71. The van der Waals surface area contributed by atoms with Crippen molar-refractivity contribution in [1.29, 1.82) is 0 Å². The molecule has 0 saturated heterocycles. The highest BCUT2D eigenvalue weighted by Crippen LogP contribution is 2.33. The van der Waals surface area contributed by atoms with Crippen molar-refractivity contribution in [1.82, 2.24) is 14.8 Å². The number of carbonyl (C=O) groups excluding carboxylic acids is 2. The number of nitrogens with zero attached hydrogens (tertiary/aromatic N) is 3. The molecule has 170 valence electrons. The van der Waals surface area contributed by atoms with Gasteiger partial charge in [0, 0.05) is 17.8 Å². The van der Waals surface area contributed by atoms with Crippen LogP contribution in [-0.2, 0) is 16.1 Å². The van der Waals surface area contributed by atoms with E-state index in [1.165, 1.54) is 5.56 Å². The van der Waals surface area contributed by atoms with E-state index in [0.717, 1.165) is 42.4 Å². The Balaban J connectivity index is 1.56. The van der Waals surface area contributed by atoms with E-state index < -0.39 is 12.2 Å². The van der Waals surface area contributed by atoms with E-state index in [0.29, 0.717) is 11.5 Å². The number of primary amides is 1. The molecule has 2 aromatic heterocycles. The van der Waals surface area contributed by atoms with Gasteiger partial charge < -0.3 is 15.8 Å². The Hall–Kier alpha value is -3.94. The van der Waals surface area contributed by atoms with E-state index in [-0.39, 0.29) is 12.5 Å². The lowest BCUT2D eigenvalue weighted by Crippen LogP contribution is -2.24. The molecule has 8 nitrogen and oxygen atoms in total. The third-order valence-corrected chi connectivity index (χ3v) is 5.71. The zero-order valence-electron chi connectivity index (χ0n) is 18.5. The van der Waals surface area contributed by atoms with E-state index in [9.17, 15) is 9.59 Å². The molecule has 2 amide bonds. The lowest BCUT2D eigenvalue weighted by molar-refractivity contribution is -0.113. The Labute approximate surface area is 192 Å². The Morgan fingerprint density at radius 3 is 2.61 bits per heavy atom. The van der Waals surface area contributed by atoms with Crippen LogP contribution < -0.4 is 11.1 Å². The zero-order valence-corrected chi connectivity index (χ0v) is 18.5. The van der Waals surface area contributed by atoms with Gasteiger partial charge in [-0.25, -0.2) is 9.48 Å². The molecule has 0 bridgehead atoms. The number of hydrogen-bond donors (Lipinski definition) is 2. The topological polar surface area (TPSA) is 112 Å². The van der Waals surface area contributed by atoms with Gasteiger partial charge in [-0.3, -0.25) is 9.78 Å². The third kappa shape index (κ3) is 5.46. The number of amides is 2. The van der Waals surface area contributed by atoms with Gasteiger partial charge in [-0.2, -0.15) is 5.10 Å². The summed E-state index contributed by atoms with van der Waals surface area (Å²) in [6.45, 7) is 2.21. The average molecular weight is 446 g/mol. The maximum Gasteiger partial charge on any atom is 0.405 e. The van der Waals surface area contributed by atoms with E-state index in [4.69, 9.17) is 10.5 Å². The lowest BCUT2D eigenvalue weighted by atomic mass is 9.86. The van der Waals surface area contributed by atoms with Gasteiger partial charge in [0.2, 0.25) is 0 Å². The fraction of sp³-hybridized carbons (Fsp3) is 0.280. The highest BCUT2D eigenvalue weighted by molar-refractivity contribution is 6.08. The molecule has 1 unspecified atom stereocenters. The molecule has 3 N–H and O–H groups in total. The molecular formula is C25H27N5O3. The highest BCUT2D eigenvalue weighted by Gasteiger charge is 2.23. The molecule has 0 fully saturated rings. The number of pyridine rings is 1. The minimum Gasteiger partial charge on any atom is -0.438 e. The Morgan fingerprint density at radius 2 is 1.88 bits per heavy atom. The molecule has 1 atom stereocenters. The number of hydrogen-bond acceptors (Lipinski definition) is 5. The SMILES string of the molecule is Cc1ccc(C2=C(C(=O)Nc3ccnn3CC(OC(N)=O)c3ccccn3)CCCC2)cc1. The number of anilines is 1. The van der Waals surface area contributed by atoms with Crippen molar-refractivity contribution >= 4 is 23.4 Å². The van der Waals surface area contributed by atoms with Crippen molar-refractivity contribution in [2.24, 2.45) is 5.73 Å². The summed E-state index contributed by atoms with van der Waals surface area (Å²) in [5.74, 6) is 0.368. The monoisotopic (exact) mass is 445 g/mol. The van der Waals surface area contributed by atoms with Crippen LogP contribution in [0.1, 0.15) is 48.6 Å². The summed E-state index contributed by atoms with van der Waals surface area (Å²) >= 11 is 0. The Morgan fingerprint density at radius 1 is 1.09 bits per heavy atom. The van der Waals surface area contributed by atoms with Crippen LogP contribution in [0.3, 0.4) is 0 Å². The maximum absolute atomic E-state index is 13.3. The van der Waals surface area contributed by atoms with Gasteiger partial charge in [0.1, 0.15) is 5.82 Å². The zero-order chi connectivity index (χ0) is 23.2. The summed E-state index contributed by atoms with van der Waals surface area (Å²) in [5.41, 5.74) is 9.97. The van der Waals surface area contributed by atoms with Crippen molar-refractivity contribution in [3.8, 4) is 0 Å². The number of rotatable bonds is 7. The number of nitrogens with one attached hydrogen (secondary N) is 1. The molecule has 3 aromatic rings. The second kappa shape index (κ2) is 10.1. The number of aromatic nitrogens is 3. The van der Waals surface area contributed by atoms with Crippen LogP contribution in [-0.4, -0.2) is 26.8 Å². The van der Waals surface area contributed by atoms with Crippen molar-refractivity contribution in [3.63, 3.8) is 0 Å². The average Bonchev–Trinajstić information content (AvgIpc) is 3.26. The van der Waals surface area contributed by atoms with Gasteiger partial charge in [0.15, 0.2) is 6.10 Å². The van der Waals surface area contributed by atoms with Crippen LogP contribution in [0.15, 0.2) is 66.5 Å². The molecule has 33 heavy (non-hydrogen) atoms. The molecule has 0 spiro atoms. The summed E-state index contributed by atoms with van der Waals surface area (Å²) in [6.07, 6.45) is 5.20. The summed E-state index contributed by atoms with van der Waals surface area (Å²) in [6, 6.07) is 15.3. The smallest absolute Gasteiger partial charge is 0.405 e. The van der Waals surface area contributed by atoms with Crippen molar-refractivity contribution in [2.75, 3.05) is 5.32 Å². The lowest BCUT2D eigenvalue weighted by Gasteiger charge is -2.21. The van der Waals surface area contributed by atoms with Gasteiger partial charge in [-0.15, -0.1) is 0 Å². The first kappa shape index (κ1) is 22.3. The van der Waals surface area contributed by atoms with E-state index >= 15 is 0 Å². The molecule has 8 heteroatoms. The van der Waals surface area contributed by atoms with Crippen LogP contribution in [0.25, 0.3) is 5.57 Å². The second-order valence-electron chi connectivity index (χ2n) is 8.06. The summed E-state index contributed by atoms with van der Waals surface area (Å²) in [7, 11) is 0. The fourth-order valence-corrected chi connectivity index (χ4v) is 4.06. The van der Waals surface area contributed by atoms with E-state index in [1.54, 1.807) is 41.3 Å². The van der Waals surface area contributed by atoms with Gasteiger partial charge >= 0.3 is 6.09 Å². The maximum atomic E-state index is 13.3. The van der Waals surface area contributed by atoms with Crippen LogP contribution in [0.4, 0.5) is 10.6 Å². The number of carbonyl (C=O) groups is 2. The Bertz CT molecular complexity index is 1150. The van der Waals surface area contributed by atoms with Crippen LogP contribution in [0.5, 0.6) is 0 Å². The first-order valence-electron chi connectivity index (χ1n) is 11.0. The first-order chi connectivity index (χ1) is 16.0. The van der Waals surface area contributed by atoms with E-state index in [2.05, 4.69) is 39.7 Å². The first-order valence-corrected chi connectivity index (χ1v) is 11.0. The summed E-state index contributed by atoms with van der Waals surface area (Å²) in [5, 5.41) is 7.29. The van der Waals surface area contributed by atoms with Crippen molar-refractivity contribution < 1.29 is 14.3 Å². The molecule has 1 aromatic carbocycles. The quantitative estimate of drug-likeness (QED) is 0.560. The van der Waals surface area contributed by atoms with Gasteiger partial charge in [0.05, 0.1) is 18.4 Å². The van der Waals surface area contributed by atoms with Crippen LogP contribution in [0.2, 0.25) is 0 Å². The molecule has 1 aliphatic carbocycles. The van der Waals surface area contributed by atoms with Crippen molar-refractivity contribution in [3.05, 3.63) is 83.3 Å². The minimum absolute atomic E-state index is 0.141. The van der Waals surface area contributed by atoms with Gasteiger partial charge in [0.25, 0.3) is 5.91 Å². The minimum atomic E-state index is -0.904. The molecular weight excluding hydrogens is 418 g/mol. The number of nitrogens with two attached hydrogens (primary N) is 1. The van der Waals surface area contributed by atoms with E-state index in [1.807, 2.05) is 6.92 Å². The van der Waals surface area contributed by atoms with Gasteiger partial charge in [-0.05, 0) is 55.9 Å². The normalized spacial score (nSPS) is 14.6. The largest absolute Gasteiger partial charge is 0.438 e. The molecule has 4 rings (SSSR count). The number of allylic oxidation sites excluding steroid dienone is 1. The predicted molar refractivity (Wildman–Crippen MR) is 125 cm³/mol. The standard InChI is InChI=1S/C25H27N5O3/c1-17-9-11-18(12-10-17)19-6-2-3-7-20(19)24(31)29-23-13-15-28-30(23)16-22(33-25(26)32)21-8-4-5-14-27-21/h4-5,8-15,22H,2-3,6-7,16H2,1H3,(H2,26,32)(H,29,31). The fourth-order valence-electron chi connectivity index (χ4n) is 4.06. The molecule has 2 heterocycles. The van der Waals surface area contributed by atoms with Crippen molar-refractivity contribution in [2.45, 2.75) is 45.3 Å². The molecule has 0 aliphatic heterocycles. The molecule has 1 aliphatic rings. The second-order valence-corrected chi connectivity index (χ2v) is 8.06. The summed E-state index contributed by atoms with van der Waals surface area (Å²) < 4.78 is 6.84. The number of ether oxygens (including phenoxy) is 1. The van der Waals surface area contributed by atoms with Gasteiger partial charge in [-0.1, -0.05) is 35.9 Å². The number of aryl methyl sites for hydroxylation is 1. The number of benzene rings is 1. The van der Waals surface area contributed by atoms with Crippen LogP contribution in [0, 0.1) is 6.92 Å². The van der Waals surface area contributed by atoms with Crippen LogP contribution >= 0.6 is 0 Å².